The summed E-state index contributed by atoms with van der Waals surface area (Å²) in [6, 6.07) is 20.3. The number of ether oxygens (including phenoxy) is 1. The molecule has 36 heavy (non-hydrogen) atoms. The molecule has 3 aromatic carbocycles. The minimum atomic E-state index is -4.13. The van der Waals surface area contributed by atoms with Crippen LogP contribution in [0, 0.1) is 0 Å². The average Bonchev–Trinajstić information content (AvgIpc) is 2.89. The molecule has 0 heterocycles. The lowest BCUT2D eigenvalue weighted by molar-refractivity contribution is -0.139. The van der Waals surface area contributed by atoms with Crippen LogP contribution in [0.2, 0.25) is 5.02 Å². The maximum atomic E-state index is 13.7. The first-order valence-electron chi connectivity index (χ1n) is 11.1. The number of hydrogen-bond donors (Lipinski definition) is 1. The molecule has 2 amide bonds. The van der Waals surface area contributed by atoms with Crippen LogP contribution in [0.3, 0.4) is 0 Å². The van der Waals surface area contributed by atoms with E-state index in [2.05, 4.69) is 5.32 Å². The average molecular weight is 530 g/mol. The first-order chi connectivity index (χ1) is 17.2. The monoisotopic (exact) mass is 529 g/mol. The number of halogens is 1. The lowest BCUT2D eigenvalue weighted by Crippen LogP contribution is -2.50. The van der Waals surface area contributed by atoms with Crippen molar-refractivity contribution in [2.45, 2.75) is 24.4 Å². The second kappa shape index (κ2) is 11.9. The molecule has 0 bridgehead atoms. The smallest absolute Gasteiger partial charge is 0.264 e. The number of hydrogen-bond acceptors (Lipinski definition) is 5. The summed E-state index contributed by atoms with van der Waals surface area (Å²) in [5.41, 5.74) is 0.951. The molecule has 0 fully saturated rings. The van der Waals surface area contributed by atoms with Gasteiger partial charge in [0.25, 0.3) is 10.0 Å². The summed E-state index contributed by atoms with van der Waals surface area (Å²) in [7, 11) is -1.12. The van der Waals surface area contributed by atoms with Crippen LogP contribution in [0.5, 0.6) is 5.75 Å². The fourth-order valence-corrected chi connectivity index (χ4v) is 5.25. The third-order valence-corrected chi connectivity index (χ3v) is 7.63. The summed E-state index contributed by atoms with van der Waals surface area (Å²) in [5, 5.41) is 2.87. The van der Waals surface area contributed by atoms with Crippen LogP contribution in [0.1, 0.15) is 12.5 Å². The molecule has 0 aromatic heterocycles. The molecule has 190 valence electrons. The molecule has 0 saturated carbocycles. The van der Waals surface area contributed by atoms with Crippen LogP contribution in [-0.4, -0.2) is 51.9 Å². The molecule has 0 saturated heterocycles. The van der Waals surface area contributed by atoms with Crippen molar-refractivity contribution >= 4 is 39.1 Å². The molecule has 0 unspecified atom stereocenters. The first-order valence-corrected chi connectivity index (χ1v) is 13.0. The summed E-state index contributed by atoms with van der Waals surface area (Å²) in [6.45, 7) is 1.12. The van der Waals surface area contributed by atoms with E-state index in [0.717, 1.165) is 9.87 Å². The molecule has 3 aromatic rings. The van der Waals surface area contributed by atoms with Gasteiger partial charge >= 0.3 is 0 Å². The summed E-state index contributed by atoms with van der Waals surface area (Å²) in [4.78, 5) is 27.6. The van der Waals surface area contributed by atoms with E-state index in [4.69, 9.17) is 16.3 Å². The van der Waals surface area contributed by atoms with Crippen molar-refractivity contribution in [2.75, 3.05) is 25.0 Å². The molecule has 0 aliphatic carbocycles. The van der Waals surface area contributed by atoms with E-state index >= 15 is 0 Å². The molecule has 0 aliphatic rings. The summed E-state index contributed by atoms with van der Waals surface area (Å²) < 4.78 is 33.5. The van der Waals surface area contributed by atoms with E-state index in [-0.39, 0.29) is 23.0 Å². The Morgan fingerprint density at radius 2 is 1.69 bits per heavy atom. The quantitative estimate of drug-likeness (QED) is 0.432. The number of benzene rings is 3. The fourth-order valence-electron chi connectivity index (χ4n) is 3.64. The number of amides is 2. The van der Waals surface area contributed by atoms with Crippen LogP contribution >= 0.6 is 11.6 Å². The topological polar surface area (TPSA) is 96.0 Å². The highest BCUT2D eigenvalue weighted by atomic mass is 35.5. The van der Waals surface area contributed by atoms with Crippen molar-refractivity contribution in [3.05, 3.63) is 89.4 Å². The molecule has 8 nitrogen and oxygen atoms in total. The predicted molar refractivity (Wildman–Crippen MR) is 139 cm³/mol. The second-order valence-electron chi connectivity index (χ2n) is 7.97. The van der Waals surface area contributed by atoms with E-state index in [0.29, 0.717) is 10.8 Å². The summed E-state index contributed by atoms with van der Waals surface area (Å²) in [6.07, 6.45) is 0. The second-order valence-corrected chi connectivity index (χ2v) is 10.3. The third-order valence-electron chi connectivity index (χ3n) is 5.61. The first kappa shape index (κ1) is 27.0. The molecule has 10 heteroatoms. The van der Waals surface area contributed by atoms with Gasteiger partial charge < -0.3 is 15.0 Å². The maximum Gasteiger partial charge on any atom is 0.264 e. The zero-order valence-electron chi connectivity index (χ0n) is 20.2. The van der Waals surface area contributed by atoms with Gasteiger partial charge in [0, 0.05) is 18.6 Å². The van der Waals surface area contributed by atoms with E-state index in [1.165, 1.54) is 37.3 Å². The zero-order valence-corrected chi connectivity index (χ0v) is 21.8. The molecule has 1 N–H and O–H groups in total. The maximum absolute atomic E-state index is 13.7. The van der Waals surface area contributed by atoms with Gasteiger partial charge in [-0.1, -0.05) is 48.0 Å². The Morgan fingerprint density at radius 1 is 1.00 bits per heavy atom. The molecule has 0 spiro atoms. The van der Waals surface area contributed by atoms with Gasteiger partial charge in [0.05, 0.1) is 17.7 Å². The highest BCUT2D eigenvalue weighted by Crippen LogP contribution is 2.27. The number of likely N-dealkylation sites (N-methyl/N-ethyl adjacent to an activating group) is 1. The van der Waals surface area contributed by atoms with Gasteiger partial charge in [0.15, 0.2) is 0 Å². The lowest BCUT2D eigenvalue weighted by atomic mass is 10.1. The largest absolute Gasteiger partial charge is 0.497 e. The van der Waals surface area contributed by atoms with E-state index < -0.39 is 28.5 Å². The minimum absolute atomic E-state index is 0.0245. The number of rotatable bonds is 10. The minimum Gasteiger partial charge on any atom is -0.497 e. The Kier molecular flexibility index (Phi) is 8.95. The van der Waals surface area contributed by atoms with Gasteiger partial charge in [-0.15, -0.1) is 0 Å². The summed E-state index contributed by atoms with van der Waals surface area (Å²) >= 11 is 6.15. The molecule has 3 rings (SSSR count). The normalized spacial score (nSPS) is 11.9. The summed E-state index contributed by atoms with van der Waals surface area (Å²) in [5.74, 6) is -0.348. The Balaban J connectivity index is 2.02. The number of carbonyl (C=O) groups is 2. The zero-order chi connectivity index (χ0) is 26.3. The number of anilines is 1. The molecular weight excluding hydrogens is 502 g/mol. The third kappa shape index (κ3) is 6.35. The van der Waals surface area contributed by atoms with Gasteiger partial charge in [-0.2, -0.15) is 0 Å². The Labute approximate surface area is 216 Å². The van der Waals surface area contributed by atoms with Gasteiger partial charge in [-0.05, 0) is 55.0 Å². The number of methoxy groups -OCH3 is 1. The van der Waals surface area contributed by atoms with Crippen molar-refractivity contribution in [2.24, 2.45) is 0 Å². The van der Waals surface area contributed by atoms with Crippen molar-refractivity contribution < 1.29 is 22.7 Å². The SMILES string of the molecule is CNC(=O)[C@@H](C)N(Cc1cccc(OC)c1)C(=O)CN(c1cccc(Cl)c1)S(=O)(=O)c1ccccc1. The number of carbonyl (C=O) groups excluding carboxylic acids is 2. The van der Waals surface area contributed by atoms with Crippen molar-refractivity contribution in [1.82, 2.24) is 10.2 Å². The Morgan fingerprint density at radius 3 is 2.33 bits per heavy atom. The molecular formula is C26H28ClN3O5S. The van der Waals surface area contributed by atoms with E-state index in [1.54, 1.807) is 67.6 Å². The van der Waals surface area contributed by atoms with Crippen LogP contribution in [0.4, 0.5) is 5.69 Å². The van der Waals surface area contributed by atoms with Crippen LogP contribution in [0.15, 0.2) is 83.8 Å². The van der Waals surface area contributed by atoms with Crippen molar-refractivity contribution in [3.8, 4) is 5.75 Å². The predicted octanol–water partition coefficient (Wildman–Crippen LogP) is 3.71. The molecule has 0 aliphatic heterocycles. The molecule has 0 radical (unpaired) electrons. The highest BCUT2D eigenvalue weighted by molar-refractivity contribution is 7.92. The van der Waals surface area contributed by atoms with Crippen LogP contribution in [-0.2, 0) is 26.2 Å². The van der Waals surface area contributed by atoms with Gasteiger partial charge in [-0.25, -0.2) is 8.42 Å². The Hall–Kier alpha value is -3.56. The van der Waals surface area contributed by atoms with Crippen LogP contribution < -0.4 is 14.4 Å². The van der Waals surface area contributed by atoms with E-state index in [9.17, 15) is 18.0 Å². The van der Waals surface area contributed by atoms with Crippen molar-refractivity contribution in [3.63, 3.8) is 0 Å². The number of nitrogens with zero attached hydrogens (tertiary/aromatic N) is 2. The standard InChI is InChI=1S/C26H28ClN3O5S/c1-19(26(32)28-2)29(17-20-9-7-12-23(15-20)35-3)25(31)18-30(22-11-8-10-21(27)16-22)36(33,34)24-13-5-4-6-14-24/h4-16,19H,17-18H2,1-3H3,(H,28,32)/t19-/m1/s1. The Bertz CT molecular complexity index is 1320. The molecule has 1 atom stereocenters. The van der Waals surface area contributed by atoms with E-state index in [1.807, 2.05) is 0 Å². The number of nitrogens with one attached hydrogen (secondary N) is 1. The van der Waals surface area contributed by atoms with Gasteiger partial charge in [-0.3, -0.25) is 13.9 Å². The number of sulfonamides is 1. The van der Waals surface area contributed by atoms with Gasteiger partial charge in [0.2, 0.25) is 11.8 Å². The highest BCUT2D eigenvalue weighted by Gasteiger charge is 2.32. The lowest BCUT2D eigenvalue weighted by Gasteiger charge is -2.31. The van der Waals surface area contributed by atoms with Crippen molar-refractivity contribution in [1.29, 1.82) is 0 Å². The van der Waals surface area contributed by atoms with Crippen LogP contribution in [0.25, 0.3) is 0 Å². The van der Waals surface area contributed by atoms with Gasteiger partial charge in [0.1, 0.15) is 18.3 Å². The fraction of sp³-hybridized carbons (Fsp3) is 0.231.